The fraction of sp³-hybridized carbons (Fsp3) is 0.222. The van der Waals surface area contributed by atoms with Crippen molar-refractivity contribution in [3.63, 3.8) is 0 Å². The van der Waals surface area contributed by atoms with E-state index in [9.17, 15) is 9.59 Å². The van der Waals surface area contributed by atoms with Crippen molar-refractivity contribution in [3.8, 4) is 0 Å². The molecule has 2 aromatic carbocycles. The lowest BCUT2D eigenvalue weighted by atomic mass is 10.00. The highest BCUT2D eigenvalue weighted by atomic mass is 16.5. The van der Waals surface area contributed by atoms with E-state index in [1.165, 1.54) is 0 Å². The first-order valence-corrected chi connectivity index (χ1v) is 7.45. The lowest BCUT2D eigenvalue weighted by molar-refractivity contribution is -0.126. The molecule has 22 heavy (non-hydrogen) atoms. The normalized spacial score (nSPS) is 19.0. The Balaban J connectivity index is 1.68. The molecule has 0 aliphatic carbocycles. The van der Waals surface area contributed by atoms with Gasteiger partial charge >= 0.3 is 5.97 Å². The van der Waals surface area contributed by atoms with Crippen molar-refractivity contribution in [2.75, 3.05) is 11.4 Å². The molecule has 2 aromatic rings. The molecular formula is C18H15NO3. The van der Waals surface area contributed by atoms with Gasteiger partial charge in [-0.05, 0) is 30.5 Å². The standard InChI is InChI=1S/C18H15NO3/c20-17-16(22-18(21)13-6-2-1-3-7-13)14-10-4-8-12-9-5-11-19(17)15(12)14/h1-4,6-8,10,16H,5,9,11H2. The van der Waals surface area contributed by atoms with Crippen LogP contribution in [0.25, 0.3) is 0 Å². The maximum Gasteiger partial charge on any atom is 0.339 e. The van der Waals surface area contributed by atoms with Crippen LogP contribution in [0.15, 0.2) is 48.5 Å². The van der Waals surface area contributed by atoms with Crippen LogP contribution >= 0.6 is 0 Å². The monoisotopic (exact) mass is 293 g/mol. The van der Waals surface area contributed by atoms with Crippen molar-refractivity contribution < 1.29 is 14.3 Å². The molecule has 2 aliphatic rings. The molecular weight excluding hydrogens is 278 g/mol. The Labute approximate surface area is 128 Å². The molecule has 2 heterocycles. The average molecular weight is 293 g/mol. The van der Waals surface area contributed by atoms with Gasteiger partial charge in [-0.15, -0.1) is 0 Å². The van der Waals surface area contributed by atoms with Gasteiger partial charge in [0.15, 0.2) is 0 Å². The topological polar surface area (TPSA) is 46.6 Å². The van der Waals surface area contributed by atoms with Gasteiger partial charge in [0.25, 0.3) is 5.91 Å². The molecule has 1 unspecified atom stereocenters. The van der Waals surface area contributed by atoms with Crippen LogP contribution in [0.3, 0.4) is 0 Å². The second-order valence-corrected chi connectivity index (χ2v) is 5.60. The molecule has 0 N–H and O–H groups in total. The molecule has 4 nitrogen and oxygen atoms in total. The van der Waals surface area contributed by atoms with E-state index in [1.807, 2.05) is 24.3 Å². The summed E-state index contributed by atoms with van der Waals surface area (Å²) in [7, 11) is 0. The number of ether oxygens (including phenoxy) is 1. The third-order valence-electron chi connectivity index (χ3n) is 4.26. The van der Waals surface area contributed by atoms with Gasteiger partial charge in [-0.25, -0.2) is 4.79 Å². The molecule has 2 aliphatic heterocycles. The van der Waals surface area contributed by atoms with Crippen molar-refractivity contribution >= 4 is 17.6 Å². The van der Waals surface area contributed by atoms with Gasteiger partial charge in [0.05, 0.1) is 11.3 Å². The zero-order valence-corrected chi connectivity index (χ0v) is 12.0. The number of carbonyl (C=O) groups is 2. The van der Waals surface area contributed by atoms with E-state index in [0.29, 0.717) is 12.1 Å². The van der Waals surface area contributed by atoms with Crippen LogP contribution in [0, 0.1) is 0 Å². The second kappa shape index (κ2) is 4.98. The number of aryl methyl sites for hydroxylation is 1. The molecule has 0 fully saturated rings. The molecule has 0 saturated heterocycles. The van der Waals surface area contributed by atoms with Crippen LogP contribution in [0.2, 0.25) is 0 Å². The predicted octanol–water partition coefficient (Wildman–Crippen LogP) is 2.88. The largest absolute Gasteiger partial charge is 0.444 e. The zero-order chi connectivity index (χ0) is 15.1. The minimum atomic E-state index is -0.819. The van der Waals surface area contributed by atoms with Gasteiger partial charge in [0.1, 0.15) is 0 Å². The van der Waals surface area contributed by atoms with Gasteiger partial charge in [-0.3, -0.25) is 4.79 Å². The summed E-state index contributed by atoms with van der Waals surface area (Å²) in [4.78, 5) is 26.6. The van der Waals surface area contributed by atoms with E-state index >= 15 is 0 Å². The van der Waals surface area contributed by atoms with E-state index in [4.69, 9.17) is 4.74 Å². The SMILES string of the molecule is O=C(OC1C(=O)N2CCCc3cccc1c32)c1ccccc1. The Bertz CT molecular complexity index is 754. The van der Waals surface area contributed by atoms with Crippen LogP contribution in [0.4, 0.5) is 5.69 Å². The van der Waals surface area contributed by atoms with E-state index in [-0.39, 0.29) is 5.91 Å². The number of anilines is 1. The number of hydrogen-bond acceptors (Lipinski definition) is 3. The maximum atomic E-state index is 12.6. The quantitative estimate of drug-likeness (QED) is 0.800. The Kier molecular flexibility index (Phi) is 2.96. The first-order chi connectivity index (χ1) is 10.8. The van der Waals surface area contributed by atoms with Crippen LogP contribution in [0.5, 0.6) is 0 Å². The lowest BCUT2D eigenvalue weighted by Crippen LogP contribution is -2.33. The number of para-hydroxylation sites is 1. The van der Waals surface area contributed by atoms with Crippen molar-refractivity contribution in [2.24, 2.45) is 0 Å². The fourth-order valence-electron chi connectivity index (χ4n) is 3.25. The number of amides is 1. The van der Waals surface area contributed by atoms with E-state index < -0.39 is 12.1 Å². The third-order valence-corrected chi connectivity index (χ3v) is 4.26. The van der Waals surface area contributed by atoms with Crippen LogP contribution in [-0.2, 0) is 16.0 Å². The molecule has 0 bridgehead atoms. The van der Waals surface area contributed by atoms with Gasteiger partial charge in [0, 0.05) is 12.1 Å². The number of hydrogen-bond donors (Lipinski definition) is 0. The smallest absolute Gasteiger partial charge is 0.339 e. The highest BCUT2D eigenvalue weighted by molar-refractivity contribution is 6.06. The molecule has 1 amide bonds. The molecule has 0 spiro atoms. The molecule has 0 saturated carbocycles. The molecule has 1 atom stereocenters. The second-order valence-electron chi connectivity index (χ2n) is 5.60. The average Bonchev–Trinajstić information content (AvgIpc) is 2.84. The number of esters is 1. The predicted molar refractivity (Wildman–Crippen MR) is 81.7 cm³/mol. The summed E-state index contributed by atoms with van der Waals surface area (Å²) in [5.74, 6) is -0.595. The molecule has 0 aromatic heterocycles. The van der Waals surface area contributed by atoms with Gasteiger partial charge in [-0.1, -0.05) is 36.4 Å². The van der Waals surface area contributed by atoms with Gasteiger partial charge in [-0.2, -0.15) is 0 Å². The molecule has 4 heteroatoms. The number of rotatable bonds is 2. The van der Waals surface area contributed by atoms with Crippen molar-refractivity contribution in [1.29, 1.82) is 0 Å². The molecule has 0 radical (unpaired) electrons. The third kappa shape index (κ3) is 1.91. The van der Waals surface area contributed by atoms with Crippen LogP contribution in [-0.4, -0.2) is 18.4 Å². The highest BCUT2D eigenvalue weighted by Gasteiger charge is 2.42. The van der Waals surface area contributed by atoms with Gasteiger partial charge < -0.3 is 9.64 Å². The van der Waals surface area contributed by atoms with Crippen molar-refractivity contribution in [1.82, 2.24) is 0 Å². The minimum absolute atomic E-state index is 0.133. The molecule has 110 valence electrons. The summed E-state index contributed by atoms with van der Waals surface area (Å²) in [6, 6.07) is 14.6. The first kappa shape index (κ1) is 13.1. The summed E-state index contributed by atoms with van der Waals surface area (Å²) in [6.07, 6.45) is 1.09. The lowest BCUT2D eigenvalue weighted by Gasteiger charge is -2.24. The first-order valence-electron chi connectivity index (χ1n) is 7.45. The maximum absolute atomic E-state index is 12.6. The Morgan fingerprint density at radius 2 is 1.91 bits per heavy atom. The number of nitrogens with zero attached hydrogens (tertiary/aromatic N) is 1. The Morgan fingerprint density at radius 1 is 1.09 bits per heavy atom. The highest BCUT2D eigenvalue weighted by Crippen LogP contribution is 2.43. The Morgan fingerprint density at radius 3 is 2.73 bits per heavy atom. The van der Waals surface area contributed by atoms with Crippen molar-refractivity contribution in [3.05, 3.63) is 65.2 Å². The summed E-state index contributed by atoms with van der Waals surface area (Å²) >= 11 is 0. The van der Waals surface area contributed by atoms with Crippen molar-refractivity contribution in [2.45, 2.75) is 18.9 Å². The summed E-state index contributed by atoms with van der Waals surface area (Å²) in [6.45, 7) is 0.697. The minimum Gasteiger partial charge on any atom is -0.444 e. The summed E-state index contributed by atoms with van der Waals surface area (Å²) in [5, 5.41) is 0. The van der Waals surface area contributed by atoms with Crippen LogP contribution < -0.4 is 4.90 Å². The van der Waals surface area contributed by atoms with E-state index in [0.717, 1.165) is 29.7 Å². The number of carbonyl (C=O) groups excluding carboxylic acids is 2. The van der Waals surface area contributed by atoms with Crippen LogP contribution in [0.1, 0.15) is 34.0 Å². The van der Waals surface area contributed by atoms with Gasteiger partial charge in [0.2, 0.25) is 6.10 Å². The van der Waals surface area contributed by atoms with E-state index in [1.54, 1.807) is 29.2 Å². The van der Waals surface area contributed by atoms with E-state index in [2.05, 4.69) is 0 Å². The fourth-order valence-corrected chi connectivity index (χ4v) is 3.25. The Hall–Kier alpha value is -2.62. The molecule has 4 rings (SSSR count). The summed E-state index contributed by atoms with van der Waals surface area (Å²) < 4.78 is 5.52. The number of benzene rings is 2. The summed E-state index contributed by atoms with van der Waals surface area (Å²) in [5.41, 5.74) is 3.38. The zero-order valence-electron chi connectivity index (χ0n) is 12.0.